The van der Waals surface area contributed by atoms with Gasteiger partial charge in [-0.3, -0.25) is 4.79 Å². The minimum absolute atomic E-state index is 0.0156. The fourth-order valence-electron chi connectivity index (χ4n) is 2.39. The SMILES string of the molecule is O=C(c1cncnc1)N1CCC[C@@H](c2nccs2)C1. The number of piperidine rings is 1. The Balaban J connectivity index is 1.73. The second-order valence-electron chi connectivity index (χ2n) is 4.59. The first-order chi connectivity index (χ1) is 9.34. The fraction of sp³-hybridized carbons (Fsp3) is 0.385. The second kappa shape index (κ2) is 5.44. The predicted octanol–water partition coefficient (Wildman–Crippen LogP) is 1.95. The van der Waals surface area contributed by atoms with E-state index in [0.717, 1.165) is 30.9 Å². The van der Waals surface area contributed by atoms with Crippen LogP contribution in [0.4, 0.5) is 0 Å². The van der Waals surface area contributed by atoms with E-state index in [2.05, 4.69) is 15.0 Å². The molecule has 0 spiro atoms. The van der Waals surface area contributed by atoms with Gasteiger partial charge in [0, 0.05) is 43.0 Å². The summed E-state index contributed by atoms with van der Waals surface area (Å²) < 4.78 is 0. The Morgan fingerprint density at radius 2 is 2.21 bits per heavy atom. The van der Waals surface area contributed by atoms with E-state index < -0.39 is 0 Å². The highest BCUT2D eigenvalue weighted by Crippen LogP contribution is 2.28. The van der Waals surface area contributed by atoms with Crippen molar-refractivity contribution in [3.05, 3.63) is 40.9 Å². The van der Waals surface area contributed by atoms with Crippen LogP contribution in [0.1, 0.15) is 34.1 Å². The number of likely N-dealkylation sites (tertiary alicyclic amines) is 1. The van der Waals surface area contributed by atoms with E-state index in [1.807, 2.05) is 16.5 Å². The van der Waals surface area contributed by atoms with Gasteiger partial charge in [-0.15, -0.1) is 11.3 Å². The minimum atomic E-state index is 0.0156. The van der Waals surface area contributed by atoms with E-state index in [4.69, 9.17) is 0 Å². The lowest BCUT2D eigenvalue weighted by molar-refractivity contribution is 0.0706. The molecule has 1 saturated heterocycles. The Morgan fingerprint density at radius 3 is 2.95 bits per heavy atom. The summed E-state index contributed by atoms with van der Waals surface area (Å²) in [5, 5.41) is 3.11. The van der Waals surface area contributed by atoms with Gasteiger partial charge in [0.25, 0.3) is 5.91 Å². The number of hydrogen-bond donors (Lipinski definition) is 0. The van der Waals surface area contributed by atoms with Crippen molar-refractivity contribution in [1.82, 2.24) is 19.9 Å². The smallest absolute Gasteiger partial charge is 0.257 e. The Bertz CT molecular complexity index is 543. The van der Waals surface area contributed by atoms with Crippen LogP contribution in [0.3, 0.4) is 0 Å². The van der Waals surface area contributed by atoms with E-state index >= 15 is 0 Å². The molecular formula is C13H14N4OS. The summed E-state index contributed by atoms with van der Waals surface area (Å²) in [6.45, 7) is 1.54. The fourth-order valence-corrected chi connectivity index (χ4v) is 3.16. The van der Waals surface area contributed by atoms with E-state index in [0.29, 0.717) is 11.5 Å². The zero-order valence-corrected chi connectivity index (χ0v) is 11.2. The molecule has 5 nitrogen and oxygen atoms in total. The molecular weight excluding hydrogens is 260 g/mol. The Labute approximate surface area is 115 Å². The van der Waals surface area contributed by atoms with Crippen LogP contribution in [0.5, 0.6) is 0 Å². The van der Waals surface area contributed by atoms with Crippen molar-refractivity contribution < 1.29 is 4.79 Å². The zero-order valence-electron chi connectivity index (χ0n) is 10.4. The van der Waals surface area contributed by atoms with Gasteiger partial charge in [-0.2, -0.15) is 0 Å². The van der Waals surface area contributed by atoms with Crippen LogP contribution in [-0.2, 0) is 0 Å². The van der Waals surface area contributed by atoms with Crippen LogP contribution in [0.2, 0.25) is 0 Å². The molecule has 2 aromatic rings. The molecule has 3 rings (SSSR count). The number of hydrogen-bond acceptors (Lipinski definition) is 5. The Hall–Kier alpha value is -1.82. The number of carbonyl (C=O) groups excluding carboxylic acids is 1. The first-order valence-corrected chi connectivity index (χ1v) is 7.16. The summed E-state index contributed by atoms with van der Waals surface area (Å²) in [4.78, 5) is 26.4. The maximum Gasteiger partial charge on any atom is 0.257 e. The highest BCUT2D eigenvalue weighted by molar-refractivity contribution is 7.09. The standard InChI is InChI=1S/C13H14N4OS/c18-13(11-6-14-9-15-7-11)17-4-1-2-10(8-17)12-16-3-5-19-12/h3,5-7,9-10H,1-2,4,8H2/t10-/m1/s1. The molecule has 0 unspecified atom stereocenters. The molecule has 1 aliphatic heterocycles. The normalized spacial score (nSPS) is 19.4. The average molecular weight is 274 g/mol. The average Bonchev–Trinajstić information content (AvgIpc) is 3.02. The third-order valence-corrected chi connectivity index (χ3v) is 4.25. The molecule has 1 amide bonds. The van der Waals surface area contributed by atoms with Crippen molar-refractivity contribution in [1.29, 1.82) is 0 Å². The van der Waals surface area contributed by atoms with Gasteiger partial charge in [-0.25, -0.2) is 15.0 Å². The lowest BCUT2D eigenvalue weighted by atomic mass is 9.98. The van der Waals surface area contributed by atoms with Crippen LogP contribution in [0.25, 0.3) is 0 Å². The highest BCUT2D eigenvalue weighted by Gasteiger charge is 2.26. The highest BCUT2D eigenvalue weighted by atomic mass is 32.1. The Kier molecular flexibility index (Phi) is 3.50. The summed E-state index contributed by atoms with van der Waals surface area (Å²) in [6, 6.07) is 0. The molecule has 98 valence electrons. The summed E-state index contributed by atoms with van der Waals surface area (Å²) in [6.07, 6.45) is 8.52. The summed E-state index contributed by atoms with van der Waals surface area (Å²) in [5.74, 6) is 0.379. The molecule has 2 aromatic heterocycles. The van der Waals surface area contributed by atoms with Gasteiger partial charge < -0.3 is 4.90 Å². The van der Waals surface area contributed by atoms with Gasteiger partial charge in [0.2, 0.25) is 0 Å². The summed E-state index contributed by atoms with van der Waals surface area (Å²) >= 11 is 1.67. The molecule has 6 heteroatoms. The van der Waals surface area contributed by atoms with Crippen molar-refractivity contribution >= 4 is 17.2 Å². The molecule has 1 atom stereocenters. The van der Waals surface area contributed by atoms with Crippen molar-refractivity contribution in [2.75, 3.05) is 13.1 Å². The van der Waals surface area contributed by atoms with Crippen molar-refractivity contribution in [3.8, 4) is 0 Å². The van der Waals surface area contributed by atoms with E-state index in [1.54, 1.807) is 23.7 Å². The van der Waals surface area contributed by atoms with Gasteiger partial charge >= 0.3 is 0 Å². The molecule has 1 fully saturated rings. The van der Waals surface area contributed by atoms with Crippen LogP contribution in [0, 0.1) is 0 Å². The van der Waals surface area contributed by atoms with Crippen molar-refractivity contribution in [3.63, 3.8) is 0 Å². The Morgan fingerprint density at radius 1 is 1.37 bits per heavy atom. The van der Waals surface area contributed by atoms with Crippen LogP contribution < -0.4 is 0 Å². The number of nitrogens with zero attached hydrogens (tertiary/aromatic N) is 4. The number of thiazole rings is 1. The lowest BCUT2D eigenvalue weighted by Gasteiger charge is -2.31. The number of amides is 1. The zero-order chi connectivity index (χ0) is 13.1. The first kappa shape index (κ1) is 12.2. The molecule has 0 saturated carbocycles. The van der Waals surface area contributed by atoms with Gasteiger partial charge in [0.05, 0.1) is 10.6 Å². The summed E-state index contributed by atoms with van der Waals surface area (Å²) in [5.41, 5.74) is 0.558. The maximum absolute atomic E-state index is 12.3. The van der Waals surface area contributed by atoms with Crippen molar-refractivity contribution in [2.45, 2.75) is 18.8 Å². The number of rotatable bonds is 2. The molecule has 0 aromatic carbocycles. The number of aromatic nitrogens is 3. The van der Waals surface area contributed by atoms with Crippen LogP contribution >= 0.6 is 11.3 Å². The molecule has 1 aliphatic rings. The molecule has 0 aliphatic carbocycles. The van der Waals surface area contributed by atoms with Crippen LogP contribution in [-0.4, -0.2) is 38.8 Å². The minimum Gasteiger partial charge on any atom is -0.338 e. The molecule has 0 bridgehead atoms. The largest absolute Gasteiger partial charge is 0.338 e. The monoisotopic (exact) mass is 274 g/mol. The van der Waals surface area contributed by atoms with E-state index in [1.165, 1.54) is 6.33 Å². The molecule has 0 radical (unpaired) electrons. The third-order valence-electron chi connectivity index (χ3n) is 3.32. The maximum atomic E-state index is 12.3. The van der Waals surface area contributed by atoms with Gasteiger partial charge in [0.1, 0.15) is 6.33 Å². The molecule has 3 heterocycles. The second-order valence-corrected chi connectivity index (χ2v) is 5.51. The topological polar surface area (TPSA) is 59.0 Å². The van der Waals surface area contributed by atoms with Crippen LogP contribution in [0.15, 0.2) is 30.3 Å². The quantitative estimate of drug-likeness (QED) is 0.840. The van der Waals surface area contributed by atoms with Gasteiger partial charge in [-0.1, -0.05) is 0 Å². The summed E-state index contributed by atoms with van der Waals surface area (Å²) in [7, 11) is 0. The lowest BCUT2D eigenvalue weighted by Crippen LogP contribution is -2.39. The predicted molar refractivity (Wildman–Crippen MR) is 72.0 cm³/mol. The van der Waals surface area contributed by atoms with Gasteiger partial charge in [0.15, 0.2) is 0 Å². The van der Waals surface area contributed by atoms with Gasteiger partial charge in [-0.05, 0) is 12.8 Å². The van der Waals surface area contributed by atoms with E-state index in [9.17, 15) is 4.79 Å². The molecule has 19 heavy (non-hydrogen) atoms. The van der Waals surface area contributed by atoms with E-state index in [-0.39, 0.29) is 5.91 Å². The van der Waals surface area contributed by atoms with Crippen molar-refractivity contribution in [2.24, 2.45) is 0 Å². The molecule has 0 N–H and O–H groups in total. The first-order valence-electron chi connectivity index (χ1n) is 6.28. The third kappa shape index (κ3) is 2.63. The number of carbonyl (C=O) groups is 1.